The van der Waals surface area contributed by atoms with E-state index in [9.17, 15) is 0 Å². The van der Waals surface area contributed by atoms with Crippen LogP contribution in [-0.4, -0.2) is 11.5 Å². The van der Waals surface area contributed by atoms with E-state index in [1.54, 1.807) is 0 Å². The lowest BCUT2D eigenvalue weighted by Gasteiger charge is -1.97. The number of nitrogens with one attached hydrogen (secondary N) is 2. The van der Waals surface area contributed by atoms with Crippen molar-refractivity contribution in [3.8, 4) is 0 Å². The van der Waals surface area contributed by atoms with E-state index in [2.05, 4.69) is 36.3 Å². The molecule has 0 atom stereocenters. The fourth-order valence-electron chi connectivity index (χ4n) is 1.27. The molecule has 1 aromatic rings. The average molecular weight is 166 g/mol. The molecule has 1 heterocycles. The zero-order chi connectivity index (χ0) is 8.81. The third-order valence-electron chi connectivity index (χ3n) is 1.89. The molecule has 0 aliphatic rings. The number of aromatic nitrogens is 1. The molecule has 2 N–H and O–H groups in total. The third kappa shape index (κ3) is 2.70. The summed E-state index contributed by atoms with van der Waals surface area (Å²) in [6, 6.07) is 4.34. The van der Waals surface area contributed by atoms with Gasteiger partial charge in [0.05, 0.1) is 0 Å². The summed E-state index contributed by atoms with van der Waals surface area (Å²) in [5, 5.41) is 3.29. The molecule has 0 radical (unpaired) electrons. The molecular weight excluding hydrogens is 148 g/mol. The molecule has 2 heteroatoms. The molecule has 12 heavy (non-hydrogen) atoms. The number of aryl methyl sites for hydroxylation is 1. The van der Waals surface area contributed by atoms with E-state index in [0.717, 1.165) is 19.5 Å². The van der Waals surface area contributed by atoms with Crippen LogP contribution in [0.1, 0.15) is 31.7 Å². The highest BCUT2D eigenvalue weighted by atomic mass is 14.9. The molecule has 1 rings (SSSR count). The van der Waals surface area contributed by atoms with Gasteiger partial charge in [-0.15, -0.1) is 0 Å². The van der Waals surface area contributed by atoms with Gasteiger partial charge in [0.1, 0.15) is 0 Å². The lowest BCUT2D eigenvalue weighted by atomic mass is 10.3. The minimum atomic E-state index is 0.959. The zero-order valence-electron chi connectivity index (χ0n) is 7.98. The van der Waals surface area contributed by atoms with Gasteiger partial charge in [0, 0.05) is 17.9 Å². The van der Waals surface area contributed by atoms with Gasteiger partial charge in [-0.3, -0.25) is 0 Å². The van der Waals surface area contributed by atoms with Crippen LogP contribution in [0.25, 0.3) is 0 Å². The first-order valence-electron chi connectivity index (χ1n) is 4.74. The first-order chi connectivity index (χ1) is 5.86. The summed E-state index contributed by atoms with van der Waals surface area (Å²) in [5.74, 6) is 0. The van der Waals surface area contributed by atoms with Gasteiger partial charge in [-0.1, -0.05) is 20.3 Å². The summed E-state index contributed by atoms with van der Waals surface area (Å²) in [6.45, 7) is 6.31. The zero-order valence-corrected chi connectivity index (χ0v) is 7.98. The van der Waals surface area contributed by atoms with Crippen molar-refractivity contribution < 1.29 is 0 Å². The highest BCUT2D eigenvalue weighted by Crippen LogP contribution is 2.03. The van der Waals surface area contributed by atoms with E-state index in [0.29, 0.717) is 0 Å². The summed E-state index contributed by atoms with van der Waals surface area (Å²) >= 11 is 0. The van der Waals surface area contributed by atoms with Crippen LogP contribution in [0.5, 0.6) is 0 Å². The molecule has 0 saturated heterocycles. The lowest BCUT2D eigenvalue weighted by Crippen LogP contribution is -2.11. The van der Waals surface area contributed by atoms with Gasteiger partial charge in [0.25, 0.3) is 0 Å². The van der Waals surface area contributed by atoms with E-state index in [4.69, 9.17) is 0 Å². The highest BCUT2D eigenvalue weighted by Gasteiger charge is 1.95. The van der Waals surface area contributed by atoms with E-state index < -0.39 is 0 Å². The van der Waals surface area contributed by atoms with Crippen LogP contribution in [0.2, 0.25) is 0 Å². The molecule has 0 bridgehead atoms. The van der Waals surface area contributed by atoms with Gasteiger partial charge in [0.15, 0.2) is 0 Å². The number of H-pyrrole nitrogens is 1. The van der Waals surface area contributed by atoms with Crippen LogP contribution in [-0.2, 0) is 13.0 Å². The molecule has 0 aromatic carbocycles. The Bertz CT molecular complexity index is 215. The lowest BCUT2D eigenvalue weighted by molar-refractivity contribution is 0.710. The standard InChI is InChI=1S/C10H18N2/c1-3-5-9-6-7-10(12-9)8-11-4-2/h6-7,11-12H,3-5,8H2,1-2H3. The number of aromatic amines is 1. The summed E-state index contributed by atoms with van der Waals surface area (Å²) in [6.07, 6.45) is 2.37. The fraction of sp³-hybridized carbons (Fsp3) is 0.600. The van der Waals surface area contributed by atoms with Crippen LogP contribution in [0.4, 0.5) is 0 Å². The molecule has 0 unspecified atom stereocenters. The maximum Gasteiger partial charge on any atom is 0.0357 e. The second-order valence-electron chi connectivity index (χ2n) is 3.04. The molecule has 0 fully saturated rings. The van der Waals surface area contributed by atoms with Crippen molar-refractivity contribution in [2.75, 3.05) is 6.54 Å². The maximum atomic E-state index is 3.39. The quantitative estimate of drug-likeness (QED) is 0.688. The first kappa shape index (κ1) is 9.33. The molecule has 0 amide bonds. The van der Waals surface area contributed by atoms with E-state index >= 15 is 0 Å². The first-order valence-corrected chi connectivity index (χ1v) is 4.74. The topological polar surface area (TPSA) is 27.8 Å². The summed E-state index contributed by atoms with van der Waals surface area (Å²) < 4.78 is 0. The van der Waals surface area contributed by atoms with Crippen LogP contribution >= 0.6 is 0 Å². The Balaban J connectivity index is 2.41. The van der Waals surface area contributed by atoms with Gasteiger partial charge < -0.3 is 10.3 Å². The van der Waals surface area contributed by atoms with Crippen LogP contribution in [0, 0.1) is 0 Å². The van der Waals surface area contributed by atoms with Gasteiger partial charge in [-0.05, 0) is 25.1 Å². The van der Waals surface area contributed by atoms with Gasteiger partial charge in [0.2, 0.25) is 0 Å². The fourth-order valence-corrected chi connectivity index (χ4v) is 1.27. The Hall–Kier alpha value is -0.760. The van der Waals surface area contributed by atoms with Crippen molar-refractivity contribution in [3.63, 3.8) is 0 Å². The summed E-state index contributed by atoms with van der Waals surface area (Å²) in [5.41, 5.74) is 2.64. The molecule has 0 aliphatic carbocycles. The van der Waals surface area contributed by atoms with E-state index in [1.807, 2.05) is 0 Å². The van der Waals surface area contributed by atoms with Crippen molar-refractivity contribution in [2.24, 2.45) is 0 Å². The van der Waals surface area contributed by atoms with Crippen molar-refractivity contribution >= 4 is 0 Å². The number of hydrogen-bond acceptors (Lipinski definition) is 1. The minimum absolute atomic E-state index is 0.959. The van der Waals surface area contributed by atoms with Gasteiger partial charge >= 0.3 is 0 Å². The molecule has 2 nitrogen and oxygen atoms in total. The minimum Gasteiger partial charge on any atom is -0.361 e. The Morgan fingerprint density at radius 3 is 2.67 bits per heavy atom. The Labute approximate surface area is 74.4 Å². The Morgan fingerprint density at radius 1 is 1.25 bits per heavy atom. The second-order valence-corrected chi connectivity index (χ2v) is 3.04. The Kier molecular flexibility index (Phi) is 3.88. The van der Waals surface area contributed by atoms with Crippen molar-refractivity contribution in [3.05, 3.63) is 23.5 Å². The van der Waals surface area contributed by atoms with Crippen LogP contribution < -0.4 is 5.32 Å². The molecule has 0 saturated carbocycles. The number of hydrogen-bond donors (Lipinski definition) is 2. The maximum absolute atomic E-state index is 3.39. The third-order valence-corrected chi connectivity index (χ3v) is 1.89. The predicted molar refractivity (Wildman–Crippen MR) is 52.2 cm³/mol. The van der Waals surface area contributed by atoms with Crippen molar-refractivity contribution in [1.82, 2.24) is 10.3 Å². The van der Waals surface area contributed by atoms with Gasteiger partial charge in [-0.25, -0.2) is 0 Å². The molecular formula is C10H18N2. The van der Waals surface area contributed by atoms with Crippen LogP contribution in [0.3, 0.4) is 0 Å². The normalized spacial score (nSPS) is 10.5. The number of rotatable bonds is 5. The average Bonchev–Trinajstić information content (AvgIpc) is 2.50. The van der Waals surface area contributed by atoms with Crippen LogP contribution in [0.15, 0.2) is 12.1 Å². The molecule has 1 aromatic heterocycles. The molecule has 0 spiro atoms. The summed E-state index contributed by atoms with van der Waals surface area (Å²) in [4.78, 5) is 3.39. The van der Waals surface area contributed by atoms with Crippen molar-refractivity contribution in [1.29, 1.82) is 0 Å². The van der Waals surface area contributed by atoms with Gasteiger partial charge in [-0.2, -0.15) is 0 Å². The highest BCUT2D eigenvalue weighted by molar-refractivity contribution is 5.12. The molecule has 0 aliphatic heterocycles. The van der Waals surface area contributed by atoms with Crippen molar-refractivity contribution in [2.45, 2.75) is 33.2 Å². The predicted octanol–water partition coefficient (Wildman–Crippen LogP) is 2.08. The SMILES string of the molecule is CCCc1ccc(CNCC)[nH]1. The monoisotopic (exact) mass is 166 g/mol. The largest absolute Gasteiger partial charge is 0.361 e. The second kappa shape index (κ2) is 4.99. The molecule has 68 valence electrons. The summed E-state index contributed by atoms with van der Waals surface area (Å²) in [7, 11) is 0. The smallest absolute Gasteiger partial charge is 0.0357 e. The Morgan fingerprint density at radius 2 is 2.00 bits per heavy atom. The van der Waals surface area contributed by atoms with E-state index in [1.165, 1.54) is 17.8 Å². The van der Waals surface area contributed by atoms with E-state index in [-0.39, 0.29) is 0 Å².